The summed E-state index contributed by atoms with van der Waals surface area (Å²) in [6.45, 7) is 3.27. The first kappa shape index (κ1) is 19.3. The van der Waals surface area contributed by atoms with Gasteiger partial charge in [0.25, 0.3) is 5.91 Å². The summed E-state index contributed by atoms with van der Waals surface area (Å²) in [4.78, 5) is 15.7. The zero-order valence-corrected chi connectivity index (χ0v) is 14.6. The van der Waals surface area contributed by atoms with Gasteiger partial charge in [0.1, 0.15) is 5.75 Å². The van der Waals surface area contributed by atoms with Crippen molar-refractivity contribution in [3.8, 4) is 5.75 Å². The number of carbonyl (C=O) groups excluding carboxylic acids is 1. The maximum atomic E-state index is 12.6. The second-order valence-corrected chi connectivity index (χ2v) is 6.03. The largest absolute Gasteiger partial charge is 0.481 e. The van der Waals surface area contributed by atoms with Crippen molar-refractivity contribution >= 4 is 34.9 Å². The van der Waals surface area contributed by atoms with Crippen molar-refractivity contribution in [3.05, 3.63) is 51.6 Å². The number of anilines is 1. The molecule has 134 valence electrons. The highest BCUT2D eigenvalue weighted by atomic mass is 35.5. The first-order chi connectivity index (χ1) is 11.6. The number of hydrogen-bond acceptors (Lipinski definition) is 3. The van der Waals surface area contributed by atoms with Crippen molar-refractivity contribution < 1.29 is 22.7 Å². The molecule has 25 heavy (non-hydrogen) atoms. The molecule has 1 aromatic heterocycles. The van der Waals surface area contributed by atoms with Crippen LogP contribution in [0, 0.1) is 6.92 Å². The molecular weight excluding hydrogens is 380 g/mol. The van der Waals surface area contributed by atoms with Crippen molar-refractivity contribution in [3.63, 3.8) is 0 Å². The van der Waals surface area contributed by atoms with E-state index >= 15 is 0 Å². The molecule has 0 spiro atoms. The molecule has 0 bridgehead atoms. The van der Waals surface area contributed by atoms with Crippen LogP contribution in [0.15, 0.2) is 30.5 Å². The Morgan fingerprint density at radius 2 is 1.92 bits per heavy atom. The Hall–Kier alpha value is -1.99. The molecule has 1 heterocycles. The molecule has 0 fully saturated rings. The zero-order chi connectivity index (χ0) is 18.8. The van der Waals surface area contributed by atoms with Crippen LogP contribution in [0.4, 0.5) is 19.0 Å². The molecule has 1 aromatic carbocycles. The number of halogens is 5. The number of aryl methyl sites for hydroxylation is 1. The molecule has 0 saturated heterocycles. The van der Waals surface area contributed by atoms with Gasteiger partial charge in [0, 0.05) is 11.2 Å². The van der Waals surface area contributed by atoms with Crippen molar-refractivity contribution in [2.75, 3.05) is 5.32 Å². The third kappa shape index (κ3) is 4.99. The summed E-state index contributed by atoms with van der Waals surface area (Å²) in [6.07, 6.45) is -4.90. The van der Waals surface area contributed by atoms with Gasteiger partial charge < -0.3 is 10.1 Å². The fourth-order valence-electron chi connectivity index (χ4n) is 1.85. The predicted molar refractivity (Wildman–Crippen MR) is 89.2 cm³/mol. The minimum absolute atomic E-state index is 0.178. The number of nitrogens with zero attached hydrogens (tertiary/aromatic N) is 1. The molecule has 1 unspecified atom stereocenters. The first-order valence-electron chi connectivity index (χ1n) is 7.04. The molecule has 1 N–H and O–H groups in total. The number of hydrogen-bond donors (Lipinski definition) is 1. The van der Waals surface area contributed by atoms with Gasteiger partial charge in [0.15, 0.2) is 11.9 Å². The van der Waals surface area contributed by atoms with Crippen LogP contribution in [0.2, 0.25) is 10.0 Å². The average molecular weight is 393 g/mol. The van der Waals surface area contributed by atoms with E-state index in [9.17, 15) is 18.0 Å². The van der Waals surface area contributed by atoms with E-state index in [0.717, 1.165) is 5.56 Å². The van der Waals surface area contributed by atoms with Crippen LogP contribution in [-0.4, -0.2) is 17.0 Å². The van der Waals surface area contributed by atoms with Gasteiger partial charge in [-0.05, 0) is 43.7 Å². The van der Waals surface area contributed by atoms with E-state index in [-0.39, 0.29) is 10.8 Å². The fraction of sp³-hybridized carbons (Fsp3) is 0.250. The maximum Gasteiger partial charge on any atom is 0.417 e. The highest BCUT2D eigenvalue weighted by Crippen LogP contribution is 2.32. The number of carbonyl (C=O) groups is 1. The summed E-state index contributed by atoms with van der Waals surface area (Å²) in [6, 6.07) is 5.58. The van der Waals surface area contributed by atoms with Crippen LogP contribution in [0.5, 0.6) is 5.75 Å². The minimum atomic E-state index is -4.57. The van der Waals surface area contributed by atoms with Crippen molar-refractivity contribution in [2.24, 2.45) is 0 Å². The Labute approximate surface area is 151 Å². The lowest BCUT2D eigenvalue weighted by Crippen LogP contribution is -2.30. The lowest BCUT2D eigenvalue weighted by atomic mass is 10.2. The normalized spacial score (nSPS) is 12.6. The molecule has 4 nitrogen and oxygen atoms in total. The topological polar surface area (TPSA) is 51.2 Å². The number of benzene rings is 1. The monoisotopic (exact) mass is 392 g/mol. The van der Waals surface area contributed by atoms with Crippen LogP contribution < -0.4 is 10.1 Å². The average Bonchev–Trinajstić information content (AvgIpc) is 2.51. The second kappa shape index (κ2) is 7.49. The van der Waals surface area contributed by atoms with Gasteiger partial charge in [-0.15, -0.1) is 0 Å². The van der Waals surface area contributed by atoms with Gasteiger partial charge in [-0.3, -0.25) is 4.79 Å². The zero-order valence-electron chi connectivity index (χ0n) is 13.1. The molecule has 2 rings (SSSR count). The molecule has 9 heteroatoms. The number of rotatable bonds is 4. The van der Waals surface area contributed by atoms with E-state index in [0.29, 0.717) is 23.0 Å². The van der Waals surface area contributed by atoms with Crippen molar-refractivity contribution in [1.82, 2.24) is 4.98 Å². The van der Waals surface area contributed by atoms with Crippen LogP contribution in [-0.2, 0) is 11.0 Å². The number of nitrogens with one attached hydrogen (secondary N) is 1. The van der Waals surface area contributed by atoms with Crippen LogP contribution >= 0.6 is 23.2 Å². The molecule has 1 atom stereocenters. The molecule has 0 aliphatic rings. The summed E-state index contributed by atoms with van der Waals surface area (Å²) in [7, 11) is 0. The highest BCUT2D eigenvalue weighted by molar-refractivity contribution is 6.33. The SMILES string of the molecule is Cc1cc(OC(C)C(=O)Nc2ncc(C(F)(F)F)cc2Cl)ccc1Cl. The van der Waals surface area contributed by atoms with Gasteiger partial charge >= 0.3 is 6.18 Å². The molecular formula is C16H13Cl2F3N2O2. The predicted octanol–water partition coefficient (Wildman–Crippen LogP) is 5.12. The third-order valence-corrected chi connectivity index (χ3v) is 3.93. The molecule has 2 aromatic rings. The van der Waals surface area contributed by atoms with E-state index in [4.69, 9.17) is 27.9 Å². The summed E-state index contributed by atoms with van der Waals surface area (Å²) in [5, 5.41) is 2.57. The van der Waals surface area contributed by atoms with Crippen molar-refractivity contribution in [2.45, 2.75) is 26.1 Å². The van der Waals surface area contributed by atoms with Gasteiger partial charge in [-0.1, -0.05) is 23.2 Å². The number of ether oxygens (including phenoxy) is 1. The lowest BCUT2D eigenvalue weighted by Gasteiger charge is -2.16. The Bertz CT molecular complexity index is 797. The van der Waals surface area contributed by atoms with Crippen LogP contribution in [0.3, 0.4) is 0 Å². The summed E-state index contributed by atoms with van der Waals surface area (Å²) in [5.41, 5.74) is -0.226. The van der Waals surface area contributed by atoms with E-state index in [1.54, 1.807) is 25.1 Å². The van der Waals surface area contributed by atoms with Gasteiger partial charge in [-0.2, -0.15) is 13.2 Å². The Morgan fingerprint density at radius 1 is 1.24 bits per heavy atom. The summed E-state index contributed by atoms with van der Waals surface area (Å²) < 4.78 is 43.2. The van der Waals surface area contributed by atoms with Gasteiger partial charge in [0.05, 0.1) is 10.6 Å². The molecule has 1 amide bonds. The van der Waals surface area contributed by atoms with E-state index < -0.39 is 23.8 Å². The second-order valence-electron chi connectivity index (χ2n) is 5.21. The number of alkyl halides is 3. The highest BCUT2D eigenvalue weighted by Gasteiger charge is 2.31. The number of amides is 1. The lowest BCUT2D eigenvalue weighted by molar-refractivity contribution is -0.137. The van der Waals surface area contributed by atoms with Crippen molar-refractivity contribution in [1.29, 1.82) is 0 Å². The fourth-order valence-corrected chi connectivity index (χ4v) is 2.18. The number of pyridine rings is 1. The summed E-state index contributed by atoms with van der Waals surface area (Å²) in [5.74, 6) is -0.361. The molecule has 0 radical (unpaired) electrons. The van der Waals surface area contributed by atoms with E-state index in [1.807, 2.05) is 0 Å². The van der Waals surface area contributed by atoms with E-state index in [2.05, 4.69) is 10.3 Å². The Kier molecular flexibility index (Phi) is 5.80. The van der Waals surface area contributed by atoms with Gasteiger partial charge in [0.2, 0.25) is 0 Å². The number of aromatic nitrogens is 1. The molecule has 0 aliphatic heterocycles. The minimum Gasteiger partial charge on any atom is -0.481 e. The van der Waals surface area contributed by atoms with E-state index in [1.165, 1.54) is 6.92 Å². The maximum absolute atomic E-state index is 12.6. The molecule has 0 aliphatic carbocycles. The van der Waals surface area contributed by atoms with Crippen LogP contribution in [0.1, 0.15) is 18.1 Å². The van der Waals surface area contributed by atoms with Gasteiger partial charge in [-0.25, -0.2) is 4.98 Å². The molecule has 0 saturated carbocycles. The smallest absolute Gasteiger partial charge is 0.417 e. The standard InChI is InChI=1S/C16H13Cl2F3N2O2/c1-8-5-11(3-4-12(8)17)25-9(2)15(24)23-14-13(18)6-10(7-22-14)16(19,20)21/h3-7,9H,1-2H3,(H,22,23,24). The quantitative estimate of drug-likeness (QED) is 0.785. The Morgan fingerprint density at radius 3 is 2.48 bits per heavy atom. The Balaban J connectivity index is 2.07. The summed E-state index contributed by atoms with van der Waals surface area (Å²) >= 11 is 11.7. The third-order valence-electron chi connectivity index (χ3n) is 3.22. The van der Waals surface area contributed by atoms with Crippen LogP contribution in [0.25, 0.3) is 0 Å². The first-order valence-corrected chi connectivity index (χ1v) is 7.80.